The first-order valence-corrected chi connectivity index (χ1v) is 5.84. The van der Waals surface area contributed by atoms with Crippen LogP contribution >= 0.6 is 0 Å². The van der Waals surface area contributed by atoms with E-state index in [0.29, 0.717) is 16.7 Å². The van der Waals surface area contributed by atoms with E-state index < -0.39 is 5.97 Å². The van der Waals surface area contributed by atoms with Crippen molar-refractivity contribution in [3.05, 3.63) is 41.2 Å². The van der Waals surface area contributed by atoms with Crippen LogP contribution < -0.4 is 0 Å². The Morgan fingerprint density at radius 1 is 1.45 bits per heavy atom. The van der Waals surface area contributed by atoms with Crippen molar-refractivity contribution in [3.8, 4) is 5.75 Å². The van der Waals surface area contributed by atoms with Gasteiger partial charge in [0.05, 0.1) is 26.1 Å². The lowest BCUT2D eigenvalue weighted by atomic mass is 9.91. The van der Waals surface area contributed by atoms with Gasteiger partial charge in [-0.1, -0.05) is 6.07 Å². The largest absolute Gasteiger partial charge is 0.508 e. The second-order valence-corrected chi connectivity index (χ2v) is 4.08. The first-order chi connectivity index (χ1) is 9.53. The Hall–Kier alpha value is -2.44. The molecular formula is C13H16BNO5. The van der Waals surface area contributed by atoms with Crippen molar-refractivity contribution in [1.29, 1.82) is 0 Å². The maximum atomic E-state index is 11.6. The van der Waals surface area contributed by atoms with Crippen LogP contribution in [-0.2, 0) is 20.7 Å². The van der Waals surface area contributed by atoms with E-state index in [1.54, 1.807) is 20.0 Å². The van der Waals surface area contributed by atoms with Gasteiger partial charge in [0.1, 0.15) is 5.75 Å². The SMILES string of the molecule is BC(=NO)c1ccc(O)c(C/C(=C\OC)C(=O)OC)c1. The molecule has 106 valence electrons. The van der Waals surface area contributed by atoms with Crippen molar-refractivity contribution in [1.82, 2.24) is 0 Å². The standard InChI is InChI=1S/C13H16BNO5/c1-19-7-10(13(17)20-2)6-9-5-8(12(14)15-18)3-4-11(9)16/h3-5,7,16,18H,6,14H2,1-2H3/b10-7+,15-12?. The molecule has 2 N–H and O–H groups in total. The van der Waals surface area contributed by atoms with Crippen molar-refractivity contribution >= 4 is 19.4 Å². The maximum Gasteiger partial charge on any atom is 0.337 e. The predicted molar refractivity (Wildman–Crippen MR) is 75.8 cm³/mol. The summed E-state index contributed by atoms with van der Waals surface area (Å²) in [5.41, 5.74) is 1.81. The summed E-state index contributed by atoms with van der Waals surface area (Å²) in [6, 6.07) is 4.73. The fourth-order valence-corrected chi connectivity index (χ4v) is 1.65. The van der Waals surface area contributed by atoms with Crippen LogP contribution in [0.3, 0.4) is 0 Å². The van der Waals surface area contributed by atoms with Crippen LogP contribution in [0.25, 0.3) is 0 Å². The van der Waals surface area contributed by atoms with Crippen LogP contribution in [0.15, 0.2) is 35.2 Å². The lowest BCUT2D eigenvalue weighted by Gasteiger charge is -2.09. The second kappa shape index (κ2) is 7.23. The number of rotatable bonds is 5. The zero-order chi connectivity index (χ0) is 15.1. The molecule has 0 aliphatic heterocycles. The molecule has 0 bridgehead atoms. The summed E-state index contributed by atoms with van der Waals surface area (Å²) in [5.74, 6) is -0.505. The number of ether oxygens (including phenoxy) is 2. The number of nitrogens with zero attached hydrogens (tertiary/aromatic N) is 1. The molecule has 0 spiro atoms. The normalized spacial score (nSPS) is 12.1. The van der Waals surface area contributed by atoms with Gasteiger partial charge in [-0.2, -0.15) is 0 Å². The highest BCUT2D eigenvalue weighted by molar-refractivity contribution is 6.64. The number of oxime groups is 1. The minimum absolute atomic E-state index is 0.0328. The molecule has 0 saturated heterocycles. The van der Waals surface area contributed by atoms with Crippen LogP contribution in [0.4, 0.5) is 0 Å². The number of carbonyl (C=O) groups excluding carboxylic acids is 1. The number of benzene rings is 1. The van der Waals surface area contributed by atoms with Crippen molar-refractivity contribution in [2.45, 2.75) is 6.42 Å². The molecule has 0 atom stereocenters. The molecule has 0 radical (unpaired) electrons. The van der Waals surface area contributed by atoms with Gasteiger partial charge in [0.2, 0.25) is 0 Å². The molecule has 0 fully saturated rings. The molecule has 7 heteroatoms. The van der Waals surface area contributed by atoms with Gasteiger partial charge in [-0.05, 0) is 23.3 Å². The first kappa shape index (κ1) is 15.6. The van der Waals surface area contributed by atoms with Crippen LogP contribution in [0.2, 0.25) is 0 Å². The zero-order valence-corrected chi connectivity index (χ0v) is 11.6. The van der Waals surface area contributed by atoms with Crippen molar-refractivity contribution in [3.63, 3.8) is 0 Å². The van der Waals surface area contributed by atoms with Crippen LogP contribution in [0, 0.1) is 0 Å². The van der Waals surface area contributed by atoms with Gasteiger partial charge in [-0.15, -0.1) is 5.16 Å². The Morgan fingerprint density at radius 3 is 2.70 bits per heavy atom. The van der Waals surface area contributed by atoms with Crippen molar-refractivity contribution < 1.29 is 24.6 Å². The number of hydrogen-bond donors (Lipinski definition) is 2. The third kappa shape index (κ3) is 3.78. The van der Waals surface area contributed by atoms with E-state index in [9.17, 15) is 9.90 Å². The van der Waals surface area contributed by atoms with Crippen molar-refractivity contribution in [2.24, 2.45) is 5.16 Å². The van der Waals surface area contributed by atoms with E-state index in [1.807, 2.05) is 0 Å². The van der Waals surface area contributed by atoms with E-state index in [-0.39, 0.29) is 17.7 Å². The molecular weight excluding hydrogens is 261 g/mol. The summed E-state index contributed by atoms with van der Waals surface area (Å²) in [5, 5.41) is 21.7. The number of carbonyl (C=O) groups is 1. The second-order valence-electron chi connectivity index (χ2n) is 4.08. The van der Waals surface area contributed by atoms with Gasteiger partial charge >= 0.3 is 5.97 Å². The molecule has 0 unspecified atom stereocenters. The molecule has 1 aromatic rings. The van der Waals surface area contributed by atoms with Crippen molar-refractivity contribution in [2.75, 3.05) is 14.2 Å². The van der Waals surface area contributed by atoms with E-state index in [1.165, 1.54) is 26.5 Å². The number of methoxy groups -OCH3 is 2. The highest BCUT2D eigenvalue weighted by Gasteiger charge is 2.14. The Labute approximate surface area is 117 Å². The molecule has 0 aliphatic rings. The number of hydrogen-bond acceptors (Lipinski definition) is 6. The quantitative estimate of drug-likeness (QED) is 0.155. The summed E-state index contributed by atoms with van der Waals surface area (Å²) in [6.45, 7) is 0. The lowest BCUT2D eigenvalue weighted by Crippen LogP contribution is -2.09. The van der Waals surface area contributed by atoms with Gasteiger partial charge in [-0.25, -0.2) is 4.79 Å². The van der Waals surface area contributed by atoms with Crippen LogP contribution in [0.1, 0.15) is 11.1 Å². The highest BCUT2D eigenvalue weighted by atomic mass is 16.5. The molecule has 20 heavy (non-hydrogen) atoms. The van der Waals surface area contributed by atoms with Crippen LogP contribution in [-0.4, -0.2) is 44.0 Å². The topological polar surface area (TPSA) is 88.4 Å². The maximum absolute atomic E-state index is 11.6. The Bertz CT molecular complexity index is 554. The van der Waals surface area contributed by atoms with E-state index >= 15 is 0 Å². The van der Waals surface area contributed by atoms with E-state index in [0.717, 1.165) is 0 Å². The van der Waals surface area contributed by atoms with Gasteiger partial charge in [0.15, 0.2) is 7.85 Å². The number of esters is 1. The van der Waals surface area contributed by atoms with Gasteiger partial charge in [-0.3, -0.25) is 0 Å². The summed E-state index contributed by atoms with van der Waals surface area (Å²) >= 11 is 0. The molecule has 1 rings (SSSR count). The van der Waals surface area contributed by atoms with E-state index in [4.69, 9.17) is 9.94 Å². The van der Waals surface area contributed by atoms with Crippen LogP contribution in [0.5, 0.6) is 5.75 Å². The third-order valence-corrected chi connectivity index (χ3v) is 2.74. The Balaban J connectivity index is 3.12. The molecule has 0 aliphatic carbocycles. The minimum atomic E-state index is -0.538. The summed E-state index contributed by atoms with van der Waals surface area (Å²) < 4.78 is 9.47. The Kier molecular flexibility index (Phi) is 5.64. The fourth-order valence-electron chi connectivity index (χ4n) is 1.65. The number of aromatic hydroxyl groups is 1. The minimum Gasteiger partial charge on any atom is -0.508 e. The first-order valence-electron chi connectivity index (χ1n) is 5.84. The third-order valence-electron chi connectivity index (χ3n) is 2.74. The lowest BCUT2D eigenvalue weighted by molar-refractivity contribution is -0.136. The summed E-state index contributed by atoms with van der Waals surface area (Å²) in [6.07, 6.45) is 1.41. The molecule has 0 heterocycles. The van der Waals surface area contributed by atoms with Gasteiger partial charge in [0, 0.05) is 12.0 Å². The average Bonchev–Trinajstić information content (AvgIpc) is 2.47. The summed E-state index contributed by atoms with van der Waals surface area (Å²) in [7, 11) is 4.31. The highest BCUT2D eigenvalue weighted by Crippen LogP contribution is 2.22. The monoisotopic (exact) mass is 277 g/mol. The van der Waals surface area contributed by atoms with Gasteiger partial charge < -0.3 is 19.8 Å². The zero-order valence-electron chi connectivity index (χ0n) is 11.6. The smallest absolute Gasteiger partial charge is 0.337 e. The molecule has 0 amide bonds. The summed E-state index contributed by atoms with van der Waals surface area (Å²) in [4.78, 5) is 11.6. The van der Waals surface area contributed by atoms with Gasteiger partial charge in [0.25, 0.3) is 0 Å². The Morgan fingerprint density at radius 2 is 2.15 bits per heavy atom. The predicted octanol–water partition coefficient (Wildman–Crippen LogP) is 0.407. The molecule has 1 aromatic carbocycles. The number of phenols is 1. The molecule has 0 saturated carbocycles. The van der Waals surface area contributed by atoms with E-state index in [2.05, 4.69) is 9.89 Å². The molecule has 0 aromatic heterocycles. The fraction of sp³-hybridized carbons (Fsp3) is 0.231. The average molecular weight is 277 g/mol. The molecule has 6 nitrogen and oxygen atoms in total. The number of phenolic OH excluding ortho intramolecular Hbond substituents is 1.